The molecule has 1 aromatic heterocycles. The zero-order valence-electron chi connectivity index (χ0n) is 10.5. The smallest absolute Gasteiger partial charge is 0.258 e. The topological polar surface area (TPSA) is 38.1 Å². The van der Waals surface area contributed by atoms with E-state index in [0.717, 1.165) is 5.69 Å². The second kappa shape index (κ2) is 4.82. The minimum Gasteiger partial charge on any atom is -0.345 e. The van der Waals surface area contributed by atoms with Gasteiger partial charge < -0.3 is 4.90 Å². The van der Waals surface area contributed by atoms with Gasteiger partial charge in [-0.2, -0.15) is 5.10 Å². The first-order valence-corrected chi connectivity index (χ1v) is 5.92. The predicted octanol–water partition coefficient (Wildman–Crippen LogP) is 2.54. The largest absolute Gasteiger partial charge is 0.345 e. The summed E-state index contributed by atoms with van der Waals surface area (Å²) in [4.78, 5) is 13.5. The van der Waals surface area contributed by atoms with Gasteiger partial charge in [-0.3, -0.25) is 4.79 Å². The summed E-state index contributed by atoms with van der Waals surface area (Å²) in [5.41, 5.74) is 1.91. The molecule has 0 N–H and O–H groups in total. The number of carbonyl (C=O) groups excluding carboxylic acids is 1. The van der Waals surface area contributed by atoms with Crippen LogP contribution in [0.1, 0.15) is 16.1 Å². The molecule has 0 saturated carbocycles. The lowest BCUT2D eigenvalue weighted by atomic mass is 10.2. The molecular formula is C13H14ClN3O. The molecule has 2 rings (SSSR count). The van der Waals surface area contributed by atoms with E-state index in [1.165, 1.54) is 4.90 Å². The summed E-state index contributed by atoms with van der Waals surface area (Å²) >= 11 is 6.26. The van der Waals surface area contributed by atoms with Crippen molar-refractivity contribution in [3.8, 4) is 5.69 Å². The molecule has 0 saturated heterocycles. The van der Waals surface area contributed by atoms with Crippen LogP contribution < -0.4 is 0 Å². The van der Waals surface area contributed by atoms with Crippen LogP contribution in [0.2, 0.25) is 5.15 Å². The van der Waals surface area contributed by atoms with E-state index in [2.05, 4.69) is 5.10 Å². The van der Waals surface area contributed by atoms with E-state index in [1.54, 1.807) is 25.7 Å². The minimum atomic E-state index is -0.139. The fourth-order valence-corrected chi connectivity index (χ4v) is 2.06. The van der Waals surface area contributed by atoms with Crippen LogP contribution in [0.25, 0.3) is 5.69 Å². The number of nitrogens with zero attached hydrogens (tertiary/aromatic N) is 3. The van der Waals surface area contributed by atoms with Gasteiger partial charge in [-0.1, -0.05) is 29.8 Å². The third kappa shape index (κ3) is 2.11. The van der Waals surface area contributed by atoms with Crippen molar-refractivity contribution in [1.82, 2.24) is 14.7 Å². The van der Waals surface area contributed by atoms with Gasteiger partial charge in [-0.05, 0) is 19.1 Å². The number of amides is 1. The molecule has 0 radical (unpaired) electrons. The van der Waals surface area contributed by atoms with E-state index in [1.807, 2.05) is 30.3 Å². The first-order chi connectivity index (χ1) is 8.52. The summed E-state index contributed by atoms with van der Waals surface area (Å²) in [5.74, 6) is -0.139. The maximum atomic E-state index is 12.0. The van der Waals surface area contributed by atoms with Crippen molar-refractivity contribution in [2.75, 3.05) is 14.1 Å². The minimum absolute atomic E-state index is 0.139. The lowest BCUT2D eigenvalue weighted by Crippen LogP contribution is -2.22. The van der Waals surface area contributed by atoms with Crippen molar-refractivity contribution in [2.24, 2.45) is 0 Å². The molecule has 0 aliphatic rings. The number of hydrogen-bond donors (Lipinski definition) is 0. The monoisotopic (exact) mass is 263 g/mol. The van der Waals surface area contributed by atoms with Gasteiger partial charge in [0.25, 0.3) is 5.91 Å². The Labute approximate surface area is 111 Å². The van der Waals surface area contributed by atoms with E-state index >= 15 is 0 Å². The van der Waals surface area contributed by atoms with E-state index in [4.69, 9.17) is 11.6 Å². The quantitative estimate of drug-likeness (QED) is 0.835. The Bertz CT molecular complexity index is 575. The average Bonchev–Trinajstić information content (AvgIpc) is 2.65. The van der Waals surface area contributed by atoms with E-state index in [-0.39, 0.29) is 5.91 Å². The summed E-state index contributed by atoms with van der Waals surface area (Å²) in [6.07, 6.45) is 0. The fourth-order valence-electron chi connectivity index (χ4n) is 1.71. The van der Waals surface area contributed by atoms with Crippen molar-refractivity contribution in [3.63, 3.8) is 0 Å². The molecule has 4 nitrogen and oxygen atoms in total. The number of carbonyl (C=O) groups is 1. The molecule has 0 atom stereocenters. The molecule has 0 fully saturated rings. The number of hydrogen-bond acceptors (Lipinski definition) is 2. The van der Waals surface area contributed by atoms with Crippen molar-refractivity contribution in [2.45, 2.75) is 6.92 Å². The highest BCUT2D eigenvalue weighted by atomic mass is 35.5. The number of halogens is 1. The van der Waals surface area contributed by atoms with Crippen molar-refractivity contribution >= 4 is 17.5 Å². The Morgan fingerprint density at radius 2 is 1.89 bits per heavy atom. The van der Waals surface area contributed by atoms with Crippen LogP contribution >= 0.6 is 11.6 Å². The van der Waals surface area contributed by atoms with Crippen LogP contribution in [0, 0.1) is 6.92 Å². The second-order valence-electron chi connectivity index (χ2n) is 4.20. The van der Waals surface area contributed by atoms with Crippen molar-refractivity contribution in [3.05, 3.63) is 46.7 Å². The second-order valence-corrected chi connectivity index (χ2v) is 4.56. The van der Waals surface area contributed by atoms with Gasteiger partial charge in [-0.15, -0.1) is 0 Å². The van der Waals surface area contributed by atoms with Gasteiger partial charge in [0.15, 0.2) is 0 Å². The van der Waals surface area contributed by atoms with Gasteiger partial charge in [-0.25, -0.2) is 4.68 Å². The van der Waals surface area contributed by atoms with E-state index in [0.29, 0.717) is 16.4 Å². The Morgan fingerprint density at radius 3 is 2.44 bits per heavy atom. The fraction of sp³-hybridized carbons (Fsp3) is 0.231. The van der Waals surface area contributed by atoms with Crippen LogP contribution in [-0.4, -0.2) is 34.7 Å². The normalized spacial score (nSPS) is 10.4. The standard InChI is InChI=1S/C13H14ClN3O/c1-9-11(13(18)16(2)3)12(14)17(15-9)10-7-5-4-6-8-10/h4-8H,1-3H3. The first-order valence-electron chi connectivity index (χ1n) is 5.54. The van der Waals surface area contributed by atoms with Gasteiger partial charge in [0.05, 0.1) is 16.9 Å². The molecule has 5 heteroatoms. The Hall–Kier alpha value is -1.81. The molecule has 2 aromatic rings. The summed E-state index contributed by atoms with van der Waals surface area (Å²) in [7, 11) is 3.38. The lowest BCUT2D eigenvalue weighted by molar-refractivity contribution is 0.0827. The highest BCUT2D eigenvalue weighted by Gasteiger charge is 2.22. The SMILES string of the molecule is Cc1nn(-c2ccccc2)c(Cl)c1C(=O)N(C)C. The molecule has 94 valence electrons. The van der Waals surface area contributed by atoms with Gasteiger partial charge in [0.1, 0.15) is 5.15 Å². The van der Waals surface area contributed by atoms with Gasteiger partial charge in [0, 0.05) is 14.1 Å². The molecule has 0 spiro atoms. The predicted molar refractivity (Wildman–Crippen MR) is 71.3 cm³/mol. The molecule has 1 heterocycles. The first kappa shape index (κ1) is 12.6. The summed E-state index contributed by atoms with van der Waals surface area (Å²) in [6, 6.07) is 9.50. The third-order valence-electron chi connectivity index (χ3n) is 2.62. The van der Waals surface area contributed by atoms with Crippen LogP contribution in [0.15, 0.2) is 30.3 Å². The maximum Gasteiger partial charge on any atom is 0.258 e. The van der Waals surface area contributed by atoms with Gasteiger partial charge in [0.2, 0.25) is 0 Å². The molecule has 0 aliphatic carbocycles. The summed E-state index contributed by atoms with van der Waals surface area (Å²) in [5, 5.41) is 4.67. The zero-order chi connectivity index (χ0) is 13.3. The Balaban J connectivity index is 2.54. The Kier molecular flexibility index (Phi) is 3.39. The van der Waals surface area contributed by atoms with Crippen molar-refractivity contribution in [1.29, 1.82) is 0 Å². The molecule has 1 aromatic carbocycles. The zero-order valence-corrected chi connectivity index (χ0v) is 11.3. The van der Waals surface area contributed by atoms with Crippen LogP contribution in [0.4, 0.5) is 0 Å². The highest BCUT2D eigenvalue weighted by Crippen LogP contribution is 2.24. The number of aromatic nitrogens is 2. The number of para-hydroxylation sites is 1. The highest BCUT2D eigenvalue weighted by molar-refractivity contribution is 6.33. The van der Waals surface area contributed by atoms with Crippen LogP contribution in [0.5, 0.6) is 0 Å². The molecule has 1 amide bonds. The molecule has 18 heavy (non-hydrogen) atoms. The van der Waals surface area contributed by atoms with E-state index in [9.17, 15) is 4.79 Å². The molecule has 0 aliphatic heterocycles. The lowest BCUT2D eigenvalue weighted by Gasteiger charge is -2.09. The maximum absolute atomic E-state index is 12.0. The van der Waals surface area contributed by atoms with Gasteiger partial charge >= 0.3 is 0 Å². The summed E-state index contributed by atoms with van der Waals surface area (Å²) in [6.45, 7) is 1.78. The van der Waals surface area contributed by atoms with Crippen LogP contribution in [0.3, 0.4) is 0 Å². The van der Waals surface area contributed by atoms with Crippen molar-refractivity contribution < 1.29 is 4.79 Å². The molecule has 0 bridgehead atoms. The average molecular weight is 264 g/mol. The third-order valence-corrected chi connectivity index (χ3v) is 2.97. The Morgan fingerprint density at radius 1 is 1.28 bits per heavy atom. The number of rotatable bonds is 2. The number of benzene rings is 1. The summed E-state index contributed by atoms with van der Waals surface area (Å²) < 4.78 is 1.58. The molecular weight excluding hydrogens is 250 g/mol. The number of aryl methyl sites for hydroxylation is 1. The van der Waals surface area contributed by atoms with E-state index < -0.39 is 0 Å². The molecule has 0 unspecified atom stereocenters. The van der Waals surface area contributed by atoms with Crippen LogP contribution in [-0.2, 0) is 0 Å².